The van der Waals surface area contributed by atoms with Gasteiger partial charge in [0.1, 0.15) is 5.82 Å². The Morgan fingerprint density at radius 2 is 1.93 bits per heavy atom. The summed E-state index contributed by atoms with van der Waals surface area (Å²) >= 11 is 3.06. The number of hydrogen-bond acceptors (Lipinski definition) is 5. The van der Waals surface area contributed by atoms with E-state index in [0.29, 0.717) is 6.42 Å². The van der Waals surface area contributed by atoms with Gasteiger partial charge >= 0.3 is 5.97 Å². The third-order valence-corrected chi connectivity index (χ3v) is 5.57. The van der Waals surface area contributed by atoms with Crippen LogP contribution in [0.4, 0.5) is 4.39 Å². The number of carbonyl (C=O) groups excluding carboxylic acids is 2. The van der Waals surface area contributed by atoms with Crippen LogP contribution in [-0.2, 0) is 20.7 Å². The topological polar surface area (TPSA) is 55.4 Å². The van der Waals surface area contributed by atoms with E-state index in [4.69, 9.17) is 4.74 Å². The summed E-state index contributed by atoms with van der Waals surface area (Å²) in [6.07, 6.45) is 0.827. The minimum absolute atomic E-state index is 0.232. The molecule has 0 aliphatic heterocycles. The van der Waals surface area contributed by atoms with Crippen LogP contribution in [0.5, 0.6) is 0 Å². The molecule has 3 rings (SSSR count). The molecule has 0 bridgehead atoms. The van der Waals surface area contributed by atoms with Gasteiger partial charge in [-0.15, -0.1) is 11.3 Å². The highest BCUT2D eigenvalue weighted by molar-refractivity contribution is 7.10. The Labute approximate surface area is 164 Å². The lowest BCUT2D eigenvalue weighted by atomic mass is 10.1. The maximum Gasteiger partial charge on any atom is 0.306 e. The average Bonchev–Trinajstić information content (AvgIpc) is 3.37. The standard InChI is InChI=1S/C20H18FNO3S2/c21-16-6-4-15(5-7-16)20(17-2-1-10-27-17)22-18(23)12-25-19(24)8-3-14-9-11-26-13-14/h1-2,4-7,9-11,13,20H,3,8,12H2,(H,22,23)/t20-/m0/s1. The zero-order chi connectivity index (χ0) is 19.1. The van der Waals surface area contributed by atoms with Gasteiger partial charge in [0.05, 0.1) is 6.04 Å². The lowest BCUT2D eigenvalue weighted by Crippen LogP contribution is -2.32. The lowest BCUT2D eigenvalue weighted by molar-refractivity contribution is -0.148. The predicted octanol–water partition coefficient (Wildman–Crippen LogP) is 4.33. The van der Waals surface area contributed by atoms with Gasteiger partial charge in [-0.3, -0.25) is 9.59 Å². The van der Waals surface area contributed by atoms with Gasteiger partial charge in [0.15, 0.2) is 6.61 Å². The molecule has 0 radical (unpaired) electrons. The fourth-order valence-corrected chi connectivity index (χ4v) is 4.04. The van der Waals surface area contributed by atoms with E-state index in [9.17, 15) is 14.0 Å². The van der Waals surface area contributed by atoms with Gasteiger partial charge in [-0.2, -0.15) is 11.3 Å². The second kappa shape index (κ2) is 9.43. The van der Waals surface area contributed by atoms with Crippen molar-refractivity contribution in [3.05, 3.63) is 80.4 Å². The first-order valence-corrected chi connectivity index (χ1v) is 10.2. The number of benzene rings is 1. The molecule has 2 aromatic heterocycles. The van der Waals surface area contributed by atoms with Crippen LogP contribution < -0.4 is 5.32 Å². The first-order chi connectivity index (χ1) is 13.1. The SMILES string of the molecule is O=C(COC(=O)CCc1ccsc1)N[C@@H](c1ccc(F)cc1)c1cccs1. The lowest BCUT2D eigenvalue weighted by Gasteiger charge is -2.18. The molecule has 1 atom stereocenters. The number of thiophene rings is 2. The molecule has 0 fully saturated rings. The van der Waals surface area contributed by atoms with Crippen molar-refractivity contribution < 1.29 is 18.7 Å². The summed E-state index contributed by atoms with van der Waals surface area (Å²) in [5.74, 6) is -1.15. The molecule has 140 valence electrons. The second-order valence-corrected chi connectivity index (χ2v) is 7.62. The first-order valence-electron chi connectivity index (χ1n) is 8.37. The molecule has 27 heavy (non-hydrogen) atoms. The van der Waals surface area contributed by atoms with E-state index in [1.807, 2.05) is 34.3 Å². The molecule has 1 aromatic carbocycles. The van der Waals surface area contributed by atoms with Crippen molar-refractivity contribution in [1.82, 2.24) is 5.32 Å². The van der Waals surface area contributed by atoms with Crippen molar-refractivity contribution in [3.63, 3.8) is 0 Å². The summed E-state index contributed by atoms with van der Waals surface area (Å²) in [6, 6.07) is 11.3. The molecule has 0 saturated carbocycles. The molecule has 0 aliphatic carbocycles. The van der Waals surface area contributed by atoms with Crippen LogP contribution in [0.15, 0.2) is 58.6 Å². The van der Waals surface area contributed by atoms with Gasteiger partial charge in [0, 0.05) is 11.3 Å². The third-order valence-electron chi connectivity index (χ3n) is 3.90. The van der Waals surface area contributed by atoms with Gasteiger partial charge in [-0.25, -0.2) is 4.39 Å². The minimum atomic E-state index is -0.414. The van der Waals surface area contributed by atoms with Gasteiger partial charge in [-0.1, -0.05) is 18.2 Å². The monoisotopic (exact) mass is 403 g/mol. The number of ether oxygens (including phenoxy) is 1. The van der Waals surface area contributed by atoms with Crippen molar-refractivity contribution in [1.29, 1.82) is 0 Å². The van der Waals surface area contributed by atoms with E-state index in [1.54, 1.807) is 23.5 Å². The van der Waals surface area contributed by atoms with Crippen molar-refractivity contribution >= 4 is 34.6 Å². The Morgan fingerprint density at radius 1 is 1.11 bits per heavy atom. The summed E-state index contributed by atoms with van der Waals surface area (Å²) < 4.78 is 18.3. The number of rotatable bonds is 8. The number of amides is 1. The Morgan fingerprint density at radius 3 is 2.59 bits per heavy atom. The van der Waals surface area contributed by atoms with E-state index >= 15 is 0 Å². The van der Waals surface area contributed by atoms with Crippen LogP contribution in [0, 0.1) is 5.82 Å². The molecular formula is C20H18FNO3S2. The van der Waals surface area contributed by atoms with E-state index in [1.165, 1.54) is 23.5 Å². The predicted molar refractivity (Wildman–Crippen MR) is 104 cm³/mol. The van der Waals surface area contributed by atoms with Crippen molar-refractivity contribution in [3.8, 4) is 0 Å². The van der Waals surface area contributed by atoms with Crippen molar-refractivity contribution in [2.45, 2.75) is 18.9 Å². The Balaban J connectivity index is 1.54. The molecule has 1 N–H and O–H groups in total. The third kappa shape index (κ3) is 5.74. The van der Waals surface area contributed by atoms with E-state index < -0.39 is 17.9 Å². The zero-order valence-corrected chi connectivity index (χ0v) is 16.0. The van der Waals surface area contributed by atoms with Crippen molar-refractivity contribution in [2.24, 2.45) is 0 Å². The number of nitrogens with one attached hydrogen (secondary N) is 1. The molecule has 0 saturated heterocycles. The summed E-state index contributed by atoms with van der Waals surface area (Å²) in [4.78, 5) is 25.0. The fraction of sp³-hybridized carbons (Fsp3) is 0.200. The highest BCUT2D eigenvalue weighted by Gasteiger charge is 2.19. The number of carbonyl (C=O) groups is 2. The summed E-state index contributed by atoms with van der Waals surface area (Å²) in [6.45, 7) is -0.342. The maximum atomic E-state index is 13.2. The normalized spacial score (nSPS) is 11.7. The van der Waals surface area contributed by atoms with E-state index in [-0.39, 0.29) is 18.8 Å². The summed E-state index contributed by atoms with van der Waals surface area (Å²) in [5, 5.41) is 8.69. The molecule has 2 heterocycles. The highest BCUT2D eigenvalue weighted by Crippen LogP contribution is 2.26. The average molecular weight is 404 g/mol. The number of esters is 1. The fourth-order valence-electron chi connectivity index (χ4n) is 2.53. The second-order valence-electron chi connectivity index (χ2n) is 5.86. The summed E-state index contributed by atoms with van der Waals surface area (Å²) in [7, 11) is 0. The Kier molecular flexibility index (Phi) is 6.73. The van der Waals surface area contributed by atoms with Gasteiger partial charge in [0.2, 0.25) is 0 Å². The maximum absolute atomic E-state index is 13.2. The highest BCUT2D eigenvalue weighted by atomic mass is 32.1. The van der Waals surface area contributed by atoms with Crippen LogP contribution in [0.2, 0.25) is 0 Å². The van der Waals surface area contributed by atoms with Crippen LogP contribution >= 0.6 is 22.7 Å². The molecule has 7 heteroatoms. The van der Waals surface area contributed by atoms with Crippen LogP contribution in [0.3, 0.4) is 0 Å². The smallest absolute Gasteiger partial charge is 0.306 e. The van der Waals surface area contributed by atoms with Crippen molar-refractivity contribution in [2.75, 3.05) is 6.61 Å². The molecular weight excluding hydrogens is 385 g/mol. The van der Waals surface area contributed by atoms with E-state index in [0.717, 1.165) is 16.0 Å². The summed E-state index contributed by atoms with van der Waals surface area (Å²) in [5.41, 5.74) is 1.84. The van der Waals surface area contributed by atoms with Gasteiger partial charge in [0.25, 0.3) is 5.91 Å². The van der Waals surface area contributed by atoms with E-state index in [2.05, 4.69) is 5.32 Å². The van der Waals surface area contributed by atoms with Gasteiger partial charge in [-0.05, 0) is 58.0 Å². The number of hydrogen-bond donors (Lipinski definition) is 1. The number of aryl methyl sites for hydroxylation is 1. The molecule has 4 nitrogen and oxygen atoms in total. The largest absolute Gasteiger partial charge is 0.456 e. The number of halogens is 1. The Hall–Kier alpha value is -2.51. The minimum Gasteiger partial charge on any atom is -0.456 e. The van der Waals surface area contributed by atoms with Crippen LogP contribution in [-0.4, -0.2) is 18.5 Å². The Bertz CT molecular complexity index is 861. The van der Waals surface area contributed by atoms with Crippen LogP contribution in [0.25, 0.3) is 0 Å². The molecule has 3 aromatic rings. The molecule has 0 spiro atoms. The zero-order valence-electron chi connectivity index (χ0n) is 14.4. The molecule has 0 aliphatic rings. The molecule has 1 amide bonds. The first kappa shape index (κ1) is 19.3. The van der Waals surface area contributed by atoms with Gasteiger partial charge < -0.3 is 10.1 Å². The quantitative estimate of drug-likeness (QED) is 0.570. The molecule has 0 unspecified atom stereocenters. The van der Waals surface area contributed by atoms with Crippen LogP contribution in [0.1, 0.15) is 28.5 Å².